The van der Waals surface area contributed by atoms with Crippen LogP contribution in [0.4, 0.5) is 30.6 Å². The molecule has 1 aromatic heterocycles. The van der Waals surface area contributed by atoms with Crippen molar-refractivity contribution in [2.75, 3.05) is 35.2 Å². The van der Waals surface area contributed by atoms with Crippen LogP contribution in [0.15, 0.2) is 35.1 Å². The Morgan fingerprint density at radius 3 is 2.65 bits per heavy atom. The Kier molecular flexibility index (Phi) is 4.47. The number of alkyl halides is 3. The molecular weight excluding hydrogens is 411 g/mol. The molecule has 0 radical (unpaired) electrons. The first-order chi connectivity index (χ1) is 14.7. The van der Waals surface area contributed by atoms with Crippen LogP contribution in [0.2, 0.25) is 0 Å². The van der Waals surface area contributed by atoms with E-state index < -0.39 is 23.8 Å². The van der Waals surface area contributed by atoms with Crippen LogP contribution in [0.1, 0.15) is 18.9 Å². The first-order valence-corrected chi connectivity index (χ1v) is 10.3. The van der Waals surface area contributed by atoms with Gasteiger partial charge in [0.05, 0.1) is 25.3 Å². The molecule has 31 heavy (non-hydrogen) atoms. The van der Waals surface area contributed by atoms with Crippen LogP contribution < -0.4 is 21.1 Å². The number of ether oxygens (including phenoxy) is 1. The van der Waals surface area contributed by atoms with Crippen molar-refractivity contribution in [3.8, 4) is 0 Å². The lowest BCUT2D eigenvalue weighted by Gasteiger charge is -2.37. The number of benzene rings is 1. The van der Waals surface area contributed by atoms with E-state index >= 15 is 0 Å². The normalized spacial score (nSPS) is 27.2. The van der Waals surface area contributed by atoms with Crippen LogP contribution in [-0.2, 0) is 17.7 Å². The summed E-state index contributed by atoms with van der Waals surface area (Å²) in [6.07, 6.45) is -3.23. The molecule has 3 atom stereocenters. The quantitative estimate of drug-likeness (QED) is 0.742. The molecule has 2 aromatic rings. The van der Waals surface area contributed by atoms with Crippen molar-refractivity contribution >= 4 is 17.5 Å². The first-order valence-electron chi connectivity index (χ1n) is 10.3. The van der Waals surface area contributed by atoms with Crippen LogP contribution in [0.25, 0.3) is 0 Å². The highest BCUT2D eigenvalue weighted by Gasteiger charge is 2.59. The van der Waals surface area contributed by atoms with Gasteiger partial charge < -0.3 is 20.3 Å². The van der Waals surface area contributed by atoms with Crippen LogP contribution in [0.3, 0.4) is 0 Å². The zero-order valence-electron chi connectivity index (χ0n) is 17.1. The van der Waals surface area contributed by atoms with Gasteiger partial charge in [-0.1, -0.05) is 12.1 Å². The van der Waals surface area contributed by atoms with E-state index in [1.54, 1.807) is 24.3 Å². The summed E-state index contributed by atoms with van der Waals surface area (Å²) in [5.41, 5.74) is 4.49. The molecule has 0 aliphatic carbocycles. The molecule has 2 fully saturated rings. The average Bonchev–Trinajstić information content (AvgIpc) is 3.41. The number of anilines is 3. The van der Waals surface area contributed by atoms with Crippen molar-refractivity contribution in [2.45, 2.75) is 50.2 Å². The largest absolute Gasteiger partial charge is 0.413 e. The predicted octanol–water partition coefficient (Wildman–Crippen LogP) is 2.19. The second-order valence-corrected chi connectivity index (χ2v) is 8.75. The molecule has 1 aromatic carbocycles. The van der Waals surface area contributed by atoms with Gasteiger partial charge in [-0.15, -0.1) is 0 Å². The molecule has 2 N–H and O–H groups in total. The van der Waals surface area contributed by atoms with E-state index in [-0.39, 0.29) is 24.6 Å². The predicted molar refractivity (Wildman–Crippen MR) is 110 cm³/mol. The van der Waals surface area contributed by atoms with Crippen molar-refractivity contribution in [2.24, 2.45) is 0 Å². The second kappa shape index (κ2) is 6.88. The number of hydrogen-bond acceptors (Lipinski definition) is 6. The highest BCUT2D eigenvalue weighted by Crippen LogP contribution is 2.43. The SMILES string of the molecule is C[C@@]1(C(F)(F)F)Cn2c(nc(N3C[C@H]4C[C@H]3CO4)cc2=O)N1CCc1ccc(N)cc1. The number of aromatic nitrogens is 2. The van der Waals surface area contributed by atoms with Crippen LogP contribution >= 0.6 is 0 Å². The minimum absolute atomic E-state index is 0.0708. The van der Waals surface area contributed by atoms with E-state index in [4.69, 9.17) is 10.5 Å². The standard InChI is InChI=1S/C21H24F3N5O2/c1-20(21(22,23)24)12-28-18(30)9-17(27-10-16-8-15(27)11-31-16)26-19(28)29(20)7-6-13-2-4-14(25)5-3-13/h2-5,9,15-16H,6-8,10-12,25H2,1H3/t15-,16+,20-/m0/s1. The summed E-state index contributed by atoms with van der Waals surface area (Å²) in [4.78, 5) is 20.6. The van der Waals surface area contributed by atoms with E-state index in [9.17, 15) is 18.0 Å². The van der Waals surface area contributed by atoms with Gasteiger partial charge in [0, 0.05) is 24.8 Å². The number of hydrogen-bond donors (Lipinski definition) is 1. The molecule has 2 saturated heterocycles. The Morgan fingerprint density at radius 2 is 2.03 bits per heavy atom. The molecule has 0 spiro atoms. The van der Waals surface area contributed by atoms with Gasteiger partial charge in [-0.2, -0.15) is 18.2 Å². The molecule has 10 heteroatoms. The summed E-state index contributed by atoms with van der Waals surface area (Å²) < 4.78 is 49.2. The van der Waals surface area contributed by atoms with Gasteiger partial charge in [-0.05, 0) is 37.5 Å². The van der Waals surface area contributed by atoms with E-state index in [2.05, 4.69) is 4.98 Å². The van der Waals surface area contributed by atoms with Gasteiger partial charge in [-0.25, -0.2) is 0 Å². The zero-order valence-corrected chi connectivity index (χ0v) is 17.1. The number of nitrogens with zero attached hydrogens (tertiary/aromatic N) is 4. The maximum absolute atomic E-state index is 14.2. The Balaban J connectivity index is 1.51. The lowest BCUT2D eigenvalue weighted by Crippen LogP contribution is -2.56. The third-order valence-corrected chi connectivity index (χ3v) is 6.69. The molecule has 0 unspecified atom stereocenters. The lowest BCUT2D eigenvalue weighted by molar-refractivity contribution is -0.182. The second-order valence-electron chi connectivity index (χ2n) is 8.75. The number of nitrogens with two attached hydrogens (primary N) is 1. The highest BCUT2D eigenvalue weighted by molar-refractivity contribution is 5.51. The summed E-state index contributed by atoms with van der Waals surface area (Å²) in [6.45, 7) is 1.88. The van der Waals surface area contributed by atoms with Crippen molar-refractivity contribution in [1.82, 2.24) is 9.55 Å². The fourth-order valence-electron chi connectivity index (χ4n) is 4.79. The number of fused-ring (bicyclic) bond motifs is 3. The highest BCUT2D eigenvalue weighted by atomic mass is 19.4. The number of rotatable bonds is 4. The van der Waals surface area contributed by atoms with Gasteiger partial charge >= 0.3 is 6.18 Å². The molecule has 166 valence electrons. The van der Waals surface area contributed by atoms with Crippen molar-refractivity contribution in [3.63, 3.8) is 0 Å². The molecule has 0 saturated carbocycles. The maximum atomic E-state index is 14.2. The van der Waals surface area contributed by atoms with Crippen LogP contribution in [0, 0.1) is 0 Å². The molecule has 3 aliphatic rings. The third kappa shape index (κ3) is 3.24. The average molecular weight is 435 g/mol. The molecule has 5 rings (SSSR count). The Labute approximate surface area is 177 Å². The first kappa shape index (κ1) is 20.2. The zero-order chi connectivity index (χ0) is 22.0. The molecule has 7 nitrogen and oxygen atoms in total. The molecule has 4 heterocycles. The monoisotopic (exact) mass is 435 g/mol. The fraction of sp³-hybridized carbons (Fsp3) is 0.524. The Hall–Kier alpha value is -2.75. The van der Waals surface area contributed by atoms with E-state index in [1.165, 1.54) is 11.0 Å². The molecule has 0 amide bonds. The lowest BCUT2D eigenvalue weighted by atomic mass is 10.00. The van der Waals surface area contributed by atoms with Gasteiger partial charge in [0.1, 0.15) is 5.82 Å². The van der Waals surface area contributed by atoms with Crippen LogP contribution in [-0.4, -0.2) is 53.1 Å². The van der Waals surface area contributed by atoms with E-state index in [1.807, 2.05) is 4.90 Å². The summed E-state index contributed by atoms with van der Waals surface area (Å²) in [5.74, 6) is 0.498. The number of halogens is 3. The van der Waals surface area contributed by atoms with E-state index in [0.717, 1.165) is 23.5 Å². The molecule has 3 aliphatic heterocycles. The smallest absolute Gasteiger partial charge is 0.399 e. The van der Waals surface area contributed by atoms with Gasteiger partial charge in [0.25, 0.3) is 5.56 Å². The fourth-order valence-corrected chi connectivity index (χ4v) is 4.79. The van der Waals surface area contributed by atoms with Crippen molar-refractivity contribution in [1.29, 1.82) is 0 Å². The van der Waals surface area contributed by atoms with Crippen molar-refractivity contribution < 1.29 is 17.9 Å². The van der Waals surface area contributed by atoms with Gasteiger partial charge in [-0.3, -0.25) is 9.36 Å². The summed E-state index contributed by atoms with van der Waals surface area (Å²) in [7, 11) is 0. The van der Waals surface area contributed by atoms with Crippen LogP contribution in [0.5, 0.6) is 0 Å². The summed E-state index contributed by atoms with van der Waals surface area (Å²) in [5, 5.41) is 0. The minimum atomic E-state index is -4.53. The molecule has 2 bridgehead atoms. The van der Waals surface area contributed by atoms with Crippen molar-refractivity contribution in [3.05, 3.63) is 46.2 Å². The maximum Gasteiger partial charge on any atom is 0.413 e. The Morgan fingerprint density at radius 1 is 1.29 bits per heavy atom. The third-order valence-electron chi connectivity index (χ3n) is 6.69. The molecular formula is C21H24F3N5O2. The van der Waals surface area contributed by atoms with Gasteiger partial charge in [0.2, 0.25) is 5.95 Å². The van der Waals surface area contributed by atoms with E-state index in [0.29, 0.717) is 31.1 Å². The number of morpholine rings is 1. The van der Waals surface area contributed by atoms with Gasteiger partial charge in [0.15, 0.2) is 5.54 Å². The minimum Gasteiger partial charge on any atom is -0.399 e. The topological polar surface area (TPSA) is 76.6 Å². The summed E-state index contributed by atoms with van der Waals surface area (Å²) in [6, 6.07) is 8.51. The summed E-state index contributed by atoms with van der Waals surface area (Å²) >= 11 is 0. The Bertz CT molecular complexity index is 1050. The number of nitrogen functional groups attached to an aromatic ring is 1.